The number of hydrogen-bond acceptors (Lipinski definition) is 4. The van der Waals surface area contributed by atoms with E-state index in [1.54, 1.807) is 32.4 Å². The standard InChI is InChI=1S/C15H24N2O3/c1-11(2)16-9-5-6-15(18)17-13-10-12(19-3)7-8-14(13)20-4/h7-8,10-11,16H,5-6,9H2,1-4H3,(H,17,18). The molecule has 0 bridgehead atoms. The van der Waals surface area contributed by atoms with E-state index in [9.17, 15) is 4.79 Å². The molecular formula is C15H24N2O3. The monoisotopic (exact) mass is 280 g/mol. The van der Waals surface area contributed by atoms with E-state index in [2.05, 4.69) is 24.5 Å². The van der Waals surface area contributed by atoms with E-state index >= 15 is 0 Å². The van der Waals surface area contributed by atoms with Crippen LogP contribution < -0.4 is 20.1 Å². The van der Waals surface area contributed by atoms with Gasteiger partial charge in [0.1, 0.15) is 11.5 Å². The van der Waals surface area contributed by atoms with E-state index in [-0.39, 0.29) is 5.91 Å². The molecule has 5 heteroatoms. The predicted molar refractivity (Wildman–Crippen MR) is 80.5 cm³/mol. The number of anilines is 1. The molecule has 0 saturated heterocycles. The summed E-state index contributed by atoms with van der Waals surface area (Å²) < 4.78 is 10.4. The maximum Gasteiger partial charge on any atom is 0.224 e. The van der Waals surface area contributed by atoms with Gasteiger partial charge in [-0.25, -0.2) is 0 Å². The lowest BCUT2D eigenvalue weighted by Crippen LogP contribution is -2.24. The summed E-state index contributed by atoms with van der Waals surface area (Å²) in [5, 5.41) is 6.13. The van der Waals surface area contributed by atoms with E-state index in [1.807, 2.05) is 0 Å². The van der Waals surface area contributed by atoms with Crippen LogP contribution in [-0.2, 0) is 4.79 Å². The van der Waals surface area contributed by atoms with Gasteiger partial charge in [0.2, 0.25) is 5.91 Å². The van der Waals surface area contributed by atoms with Crippen LogP contribution in [-0.4, -0.2) is 32.7 Å². The first kappa shape index (κ1) is 16.3. The Labute approximate surface area is 120 Å². The number of ether oxygens (including phenoxy) is 2. The molecule has 0 atom stereocenters. The number of methoxy groups -OCH3 is 2. The highest BCUT2D eigenvalue weighted by Gasteiger charge is 2.09. The van der Waals surface area contributed by atoms with E-state index < -0.39 is 0 Å². The third-order valence-corrected chi connectivity index (χ3v) is 2.81. The highest BCUT2D eigenvalue weighted by atomic mass is 16.5. The van der Waals surface area contributed by atoms with Crippen LogP contribution in [0.2, 0.25) is 0 Å². The third kappa shape index (κ3) is 5.48. The van der Waals surface area contributed by atoms with Gasteiger partial charge >= 0.3 is 0 Å². The Morgan fingerprint density at radius 1 is 1.25 bits per heavy atom. The molecule has 2 N–H and O–H groups in total. The number of amides is 1. The smallest absolute Gasteiger partial charge is 0.224 e. The Bertz CT molecular complexity index is 433. The van der Waals surface area contributed by atoms with Gasteiger partial charge in [0.15, 0.2) is 0 Å². The highest BCUT2D eigenvalue weighted by molar-refractivity contribution is 5.92. The number of nitrogens with one attached hydrogen (secondary N) is 2. The first-order valence-corrected chi connectivity index (χ1v) is 6.82. The number of rotatable bonds is 8. The van der Waals surface area contributed by atoms with Gasteiger partial charge in [-0.3, -0.25) is 4.79 Å². The third-order valence-electron chi connectivity index (χ3n) is 2.81. The van der Waals surface area contributed by atoms with Crippen LogP contribution in [0.4, 0.5) is 5.69 Å². The zero-order valence-corrected chi connectivity index (χ0v) is 12.7. The minimum atomic E-state index is -0.0258. The minimum Gasteiger partial charge on any atom is -0.497 e. The molecule has 112 valence electrons. The van der Waals surface area contributed by atoms with Gasteiger partial charge in [-0.1, -0.05) is 13.8 Å². The molecule has 0 aliphatic heterocycles. The number of hydrogen-bond donors (Lipinski definition) is 2. The lowest BCUT2D eigenvalue weighted by Gasteiger charge is -2.12. The normalized spacial score (nSPS) is 10.4. The Hall–Kier alpha value is -1.75. The molecule has 20 heavy (non-hydrogen) atoms. The maximum atomic E-state index is 11.9. The molecule has 1 rings (SSSR count). The molecule has 0 fully saturated rings. The van der Waals surface area contributed by atoms with Gasteiger partial charge in [-0.05, 0) is 25.1 Å². The summed E-state index contributed by atoms with van der Waals surface area (Å²) in [4.78, 5) is 11.9. The topological polar surface area (TPSA) is 59.6 Å². The summed E-state index contributed by atoms with van der Waals surface area (Å²) >= 11 is 0. The van der Waals surface area contributed by atoms with Crippen molar-refractivity contribution in [2.45, 2.75) is 32.7 Å². The SMILES string of the molecule is COc1ccc(OC)c(NC(=O)CCCNC(C)C)c1. The molecule has 0 spiro atoms. The fourth-order valence-electron chi connectivity index (χ4n) is 1.76. The van der Waals surface area contributed by atoms with Crippen molar-refractivity contribution in [2.75, 3.05) is 26.1 Å². The van der Waals surface area contributed by atoms with E-state index in [0.717, 1.165) is 13.0 Å². The number of carbonyl (C=O) groups is 1. The fourth-order valence-corrected chi connectivity index (χ4v) is 1.76. The van der Waals surface area contributed by atoms with E-state index in [1.165, 1.54) is 0 Å². The second kappa shape index (κ2) is 8.43. The molecule has 1 aromatic carbocycles. The van der Waals surface area contributed by atoms with Gasteiger partial charge in [-0.2, -0.15) is 0 Å². The molecule has 0 aromatic heterocycles. The van der Waals surface area contributed by atoms with Crippen molar-refractivity contribution in [3.63, 3.8) is 0 Å². The van der Waals surface area contributed by atoms with Crippen molar-refractivity contribution < 1.29 is 14.3 Å². The van der Waals surface area contributed by atoms with Crippen molar-refractivity contribution in [2.24, 2.45) is 0 Å². The second-order valence-electron chi connectivity index (χ2n) is 4.83. The molecule has 1 aromatic rings. The highest BCUT2D eigenvalue weighted by Crippen LogP contribution is 2.28. The zero-order valence-electron chi connectivity index (χ0n) is 12.7. The van der Waals surface area contributed by atoms with E-state index in [0.29, 0.717) is 29.6 Å². The Morgan fingerprint density at radius 3 is 2.60 bits per heavy atom. The fraction of sp³-hybridized carbons (Fsp3) is 0.533. The van der Waals surface area contributed by atoms with Crippen LogP contribution in [0.25, 0.3) is 0 Å². The number of benzene rings is 1. The quantitative estimate of drug-likeness (QED) is 0.718. The molecule has 1 amide bonds. The molecule has 5 nitrogen and oxygen atoms in total. The van der Waals surface area contributed by atoms with Crippen molar-refractivity contribution in [3.8, 4) is 11.5 Å². The molecule has 0 aliphatic rings. The Kier molecular flexibility index (Phi) is 6.87. The average Bonchev–Trinajstić information content (AvgIpc) is 2.43. The second-order valence-corrected chi connectivity index (χ2v) is 4.83. The van der Waals surface area contributed by atoms with Gasteiger partial charge < -0.3 is 20.1 Å². The largest absolute Gasteiger partial charge is 0.497 e. The summed E-state index contributed by atoms with van der Waals surface area (Å²) in [6.07, 6.45) is 1.27. The van der Waals surface area contributed by atoms with Crippen LogP contribution >= 0.6 is 0 Å². The predicted octanol–water partition coefficient (Wildman–Crippen LogP) is 2.42. The van der Waals surface area contributed by atoms with Crippen molar-refractivity contribution in [1.82, 2.24) is 5.32 Å². The maximum absolute atomic E-state index is 11.9. The molecule has 0 saturated carbocycles. The summed E-state index contributed by atoms with van der Waals surface area (Å²) in [6.45, 7) is 5.00. The van der Waals surface area contributed by atoms with Crippen molar-refractivity contribution in [1.29, 1.82) is 0 Å². The van der Waals surface area contributed by atoms with Gasteiger partial charge in [0.25, 0.3) is 0 Å². The van der Waals surface area contributed by atoms with E-state index in [4.69, 9.17) is 9.47 Å². The summed E-state index contributed by atoms with van der Waals surface area (Å²) in [5.41, 5.74) is 0.633. The molecule has 0 heterocycles. The van der Waals surface area contributed by atoms with Crippen molar-refractivity contribution in [3.05, 3.63) is 18.2 Å². The van der Waals surface area contributed by atoms with Crippen LogP contribution in [0.3, 0.4) is 0 Å². The lowest BCUT2D eigenvalue weighted by atomic mass is 10.2. The van der Waals surface area contributed by atoms with Crippen LogP contribution in [0, 0.1) is 0 Å². The number of carbonyl (C=O) groups excluding carboxylic acids is 1. The van der Waals surface area contributed by atoms with Crippen LogP contribution in [0.15, 0.2) is 18.2 Å². The summed E-state index contributed by atoms with van der Waals surface area (Å²) in [7, 11) is 3.16. The summed E-state index contributed by atoms with van der Waals surface area (Å²) in [5.74, 6) is 1.28. The minimum absolute atomic E-state index is 0.0258. The summed E-state index contributed by atoms with van der Waals surface area (Å²) in [6, 6.07) is 5.76. The van der Waals surface area contributed by atoms with Crippen LogP contribution in [0.5, 0.6) is 11.5 Å². The zero-order chi connectivity index (χ0) is 15.0. The Balaban J connectivity index is 2.52. The van der Waals surface area contributed by atoms with Gasteiger partial charge in [0, 0.05) is 18.5 Å². The molecular weight excluding hydrogens is 256 g/mol. The first-order chi connectivity index (χ1) is 9.56. The average molecular weight is 280 g/mol. The molecule has 0 unspecified atom stereocenters. The molecule has 0 radical (unpaired) electrons. The first-order valence-electron chi connectivity index (χ1n) is 6.82. The lowest BCUT2D eigenvalue weighted by molar-refractivity contribution is -0.116. The van der Waals surface area contributed by atoms with Gasteiger partial charge in [0.05, 0.1) is 19.9 Å². The molecule has 0 aliphatic carbocycles. The van der Waals surface area contributed by atoms with Crippen molar-refractivity contribution >= 4 is 11.6 Å². The Morgan fingerprint density at radius 2 is 2.00 bits per heavy atom. The van der Waals surface area contributed by atoms with Crippen LogP contribution in [0.1, 0.15) is 26.7 Å². The van der Waals surface area contributed by atoms with Gasteiger partial charge in [-0.15, -0.1) is 0 Å².